The maximum Gasteiger partial charge on any atom is 0.412 e. The van der Waals surface area contributed by atoms with Crippen molar-refractivity contribution in [1.82, 2.24) is 0 Å². The molecule has 0 spiro atoms. The third kappa shape index (κ3) is 6.01. The molecule has 0 aliphatic carbocycles. The predicted octanol–water partition coefficient (Wildman–Crippen LogP) is 1.90. The second kappa shape index (κ2) is 7.28. The van der Waals surface area contributed by atoms with Gasteiger partial charge in [0.2, 0.25) is 0 Å². The molecule has 0 heterocycles. The van der Waals surface area contributed by atoms with Gasteiger partial charge in [-0.15, -0.1) is 0 Å². The number of carbonyl (C=O) groups excluding carboxylic acids is 1. The van der Waals surface area contributed by atoms with E-state index in [1.165, 1.54) is 7.11 Å². The molecule has 1 atom stereocenters. The van der Waals surface area contributed by atoms with E-state index in [4.69, 9.17) is 20.3 Å². The van der Waals surface area contributed by atoms with Crippen LogP contribution in [0.25, 0.3) is 0 Å². The monoisotopic (exact) mass is 296 g/mol. The van der Waals surface area contributed by atoms with Gasteiger partial charge in [0.25, 0.3) is 0 Å². The summed E-state index contributed by atoms with van der Waals surface area (Å²) >= 11 is 0. The van der Waals surface area contributed by atoms with Crippen LogP contribution in [0.2, 0.25) is 0 Å². The van der Waals surface area contributed by atoms with Gasteiger partial charge in [0, 0.05) is 6.04 Å². The van der Waals surface area contributed by atoms with Gasteiger partial charge in [-0.05, 0) is 44.9 Å². The van der Waals surface area contributed by atoms with Gasteiger partial charge in [0.1, 0.15) is 11.4 Å². The molecule has 0 saturated heterocycles. The summed E-state index contributed by atoms with van der Waals surface area (Å²) < 4.78 is 10.5. The Morgan fingerprint density at radius 1 is 1.43 bits per heavy atom. The van der Waals surface area contributed by atoms with Crippen LogP contribution in [-0.2, 0) is 11.2 Å². The first-order chi connectivity index (χ1) is 9.75. The fourth-order valence-corrected chi connectivity index (χ4v) is 1.75. The lowest BCUT2D eigenvalue weighted by molar-refractivity contribution is 0.0635. The van der Waals surface area contributed by atoms with E-state index >= 15 is 0 Å². The minimum absolute atomic E-state index is 0.0831. The van der Waals surface area contributed by atoms with Crippen molar-refractivity contribution in [2.24, 2.45) is 5.73 Å². The van der Waals surface area contributed by atoms with Gasteiger partial charge < -0.3 is 20.3 Å². The maximum atomic E-state index is 11.8. The quantitative estimate of drug-likeness (QED) is 0.771. The number of carbonyl (C=O) groups is 1. The van der Waals surface area contributed by atoms with Crippen LogP contribution in [0.4, 0.5) is 10.5 Å². The number of nitrogens with one attached hydrogen (secondary N) is 1. The van der Waals surface area contributed by atoms with E-state index in [1.807, 2.05) is 6.07 Å². The van der Waals surface area contributed by atoms with E-state index in [0.717, 1.165) is 5.56 Å². The number of amides is 1. The maximum absolute atomic E-state index is 11.8. The zero-order valence-electron chi connectivity index (χ0n) is 13.0. The number of benzene rings is 1. The second-order valence-electron chi connectivity index (χ2n) is 5.81. The fourth-order valence-electron chi connectivity index (χ4n) is 1.75. The van der Waals surface area contributed by atoms with E-state index in [0.29, 0.717) is 17.9 Å². The summed E-state index contributed by atoms with van der Waals surface area (Å²) in [7, 11) is 1.52. The first-order valence-corrected chi connectivity index (χ1v) is 6.78. The van der Waals surface area contributed by atoms with Crippen molar-refractivity contribution in [2.75, 3.05) is 19.0 Å². The minimum atomic E-state index is -0.564. The van der Waals surface area contributed by atoms with Crippen molar-refractivity contribution in [1.29, 1.82) is 0 Å². The lowest BCUT2D eigenvalue weighted by Gasteiger charge is -2.20. The Morgan fingerprint density at radius 3 is 2.62 bits per heavy atom. The van der Waals surface area contributed by atoms with Crippen molar-refractivity contribution in [3.63, 3.8) is 0 Å². The molecule has 1 aromatic rings. The molecule has 0 aliphatic heterocycles. The van der Waals surface area contributed by atoms with E-state index in [9.17, 15) is 4.79 Å². The summed E-state index contributed by atoms with van der Waals surface area (Å²) in [6.07, 6.45) is -0.0137. The van der Waals surface area contributed by atoms with E-state index in [1.54, 1.807) is 32.9 Å². The number of methoxy groups -OCH3 is 1. The third-order valence-electron chi connectivity index (χ3n) is 2.63. The Hall–Kier alpha value is -1.79. The van der Waals surface area contributed by atoms with Crippen LogP contribution in [-0.4, -0.2) is 36.6 Å². The third-order valence-corrected chi connectivity index (χ3v) is 2.63. The van der Waals surface area contributed by atoms with Gasteiger partial charge in [0.05, 0.1) is 19.4 Å². The topological polar surface area (TPSA) is 93.8 Å². The normalized spacial score (nSPS) is 12.7. The average Bonchev–Trinajstić information content (AvgIpc) is 2.38. The SMILES string of the molecule is COc1cc(CC(N)CO)ccc1NC(=O)OC(C)(C)C. The molecule has 0 radical (unpaired) electrons. The molecule has 6 nitrogen and oxygen atoms in total. The summed E-state index contributed by atoms with van der Waals surface area (Å²) in [5, 5.41) is 11.6. The zero-order valence-corrected chi connectivity index (χ0v) is 13.0. The van der Waals surface area contributed by atoms with Crippen molar-refractivity contribution in [3.05, 3.63) is 23.8 Å². The van der Waals surface area contributed by atoms with E-state index < -0.39 is 11.7 Å². The smallest absolute Gasteiger partial charge is 0.412 e. The number of ether oxygens (including phenoxy) is 2. The Labute approximate surface area is 125 Å². The van der Waals surface area contributed by atoms with Gasteiger partial charge in [-0.25, -0.2) is 4.79 Å². The van der Waals surface area contributed by atoms with Crippen LogP contribution < -0.4 is 15.8 Å². The van der Waals surface area contributed by atoms with Gasteiger partial charge in [0.15, 0.2) is 0 Å². The van der Waals surface area contributed by atoms with Crippen molar-refractivity contribution in [3.8, 4) is 5.75 Å². The van der Waals surface area contributed by atoms with Crippen LogP contribution >= 0.6 is 0 Å². The molecule has 118 valence electrons. The van der Waals surface area contributed by atoms with E-state index in [2.05, 4.69) is 5.32 Å². The predicted molar refractivity (Wildman–Crippen MR) is 81.6 cm³/mol. The zero-order chi connectivity index (χ0) is 16.0. The molecule has 6 heteroatoms. The average molecular weight is 296 g/mol. The molecular formula is C15H24N2O4. The van der Waals surface area contributed by atoms with Gasteiger partial charge in [-0.2, -0.15) is 0 Å². The minimum Gasteiger partial charge on any atom is -0.495 e. The fraction of sp³-hybridized carbons (Fsp3) is 0.533. The highest BCUT2D eigenvalue weighted by Crippen LogP contribution is 2.26. The standard InChI is InChI=1S/C15H24N2O4/c1-15(2,3)21-14(19)17-12-6-5-10(7-11(16)9-18)8-13(12)20-4/h5-6,8,11,18H,7,9,16H2,1-4H3,(H,17,19). The largest absolute Gasteiger partial charge is 0.495 e. The Morgan fingerprint density at radius 2 is 2.10 bits per heavy atom. The van der Waals surface area contributed by atoms with Crippen molar-refractivity contribution in [2.45, 2.75) is 38.8 Å². The summed E-state index contributed by atoms with van der Waals surface area (Å²) in [6, 6.07) is 5.01. The number of aliphatic hydroxyl groups is 1. The second-order valence-corrected chi connectivity index (χ2v) is 5.81. The highest BCUT2D eigenvalue weighted by molar-refractivity contribution is 5.87. The summed E-state index contributed by atoms with van der Waals surface area (Å²) in [6.45, 7) is 5.30. The molecule has 0 fully saturated rings. The van der Waals surface area contributed by atoms with Crippen LogP contribution in [0, 0.1) is 0 Å². The molecule has 0 aromatic heterocycles. The van der Waals surface area contributed by atoms with Crippen LogP contribution in [0.1, 0.15) is 26.3 Å². The summed E-state index contributed by atoms with van der Waals surface area (Å²) in [4.78, 5) is 11.8. The number of aliphatic hydroxyl groups excluding tert-OH is 1. The molecule has 0 saturated carbocycles. The summed E-state index contributed by atoms with van der Waals surface area (Å²) in [5.74, 6) is 0.517. The molecular weight excluding hydrogens is 272 g/mol. The Kier molecular flexibility index (Phi) is 5.99. The van der Waals surface area contributed by atoms with Crippen molar-refractivity contribution >= 4 is 11.8 Å². The molecule has 1 rings (SSSR count). The molecule has 4 N–H and O–H groups in total. The molecule has 0 bridgehead atoms. The van der Waals surface area contributed by atoms with Gasteiger partial charge in [-0.1, -0.05) is 6.07 Å². The molecule has 1 amide bonds. The van der Waals surface area contributed by atoms with Crippen LogP contribution in [0.5, 0.6) is 5.75 Å². The molecule has 1 unspecified atom stereocenters. The highest BCUT2D eigenvalue weighted by Gasteiger charge is 2.17. The van der Waals surface area contributed by atoms with Crippen LogP contribution in [0.3, 0.4) is 0 Å². The lowest BCUT2D eigenvalue weighted by atomic mass is 10.1. The summed E-state index contributed by atoms with van der Waals surface area (Å²) in [5.41, 5.74) is 6.58. The first kappa shape index (κ1) is 17.3. The number of hydrogen-bond donors (Lipinski definition) is 3. The van der Waals surface area contributed by atoms with E-state index in [-0.39, 0.29) is 12.6 Å². The number of rotatable bonds is 5. The first-order valence-electron chi connectivity index (χ1n) is 6.78. The molecule has 21 heavy (non-hydrogen) atoms. The van der Waals surface area contributed by atoms with Gasteiger partial charge in [-0.3, -0.25) is 5.32 Å². The number of anilines is 1. The molecule has 1 aromatic carbocycles. The van der Waals surface area contributed by atoms with Crippen molar-refractivity contribution < 1.29 is 19.4 Å². The highest BCUT2D eigenvalue weighted by atomic mass is 16.6. The molecule has 0 aliphatic rings. The number of hydrogen-bond acceptors (Lipinski definition) is 5. The Balaban J connectivity index is 2.81. The van der Waals surface area contributed by atoms with Gasteiger partial charge >= 0.3 is 6.09 Å². The lowest BCUT2D eigenvalue weighted by Crippen LogP contribution is -2.27. The Bertz CT molecular complexity index is 483. The van der Waals surface area contributed by atoms with Crippen LogP contribution in [0.15, 0.2) is 18.2 Å². The number of nitrogens with two attached hydrogens (primary N) is 1.